The summed E-state index contributed by atoms with van der Waals surface area (Å²) >= 11 is 0. The van der Waals surface area contributed by atoms with Crippen molar-refractivity contribution in [3.05, 3.63) is 52.6 Å². The molecule has 41 heavy (non-hydrogen) atoms. The number of aryl methyl sites for hydroxylation is 1. The van der Waals surface area contributed by atoms with Crippen molar-refractivity contribution < 1.29 is 40.6 Å². The maximum atomic E-state index is 13.0. The van der Waals surface area contributed by atoms with Crippen molar-refractivity contribution >= 4 is 11.9 Å². The molecule has 0 aromatic carbocycles. The third-order valence-electron chi connectivity index (χ3n) is 7.74. The summed E-state index contributed by atoms with van der Waals surface area (Å²) in [6.07, 6.45) is 22.9. The third kappa shape index (κ3) is 12.7. The van der Waals surface area contributed by atoms with E-state index in [0.717, 1.165) is 18.5 Å². The second kappa shape index (κ2) is 21.5. The van der Waals surface area contributed by atoms with Gasteiger partial charge in [0.15, 0.2) is 12.4 Å². The predicted octanol–water partition coefficient (Wildman–Crippen LogP) is 4.82. The topological polar surface area (TPSA) is 68.5 Å². The largest absolute Gasteiger partial charge is 1.00 e. The first-order chi connectivity index (χ1) is 19.4. The van der Waals surface area contributed by atoms with E-state index in [-0.39, 0.29) is 30.2 Å². The number of unbranched alkanes of at least 4 members (excludes halogenated alkanes) is 13. The highest BCUT2D eigenvalue weighted by Crippen LogP contribution is 2.38. The molecule has 0 fully saturated rings. The van der Waals surface area contributed by atoms with Crippen molar-refractivity contribution in [1.82, 2.24) is 5.32 Å². The number of rotatable bonds is 20. The Labute approximate surface area is 260 Å². The predicted molar refractivity (Wildman–Crippen MR) is 161 cm³/mol. The van der Waals surface area contributed by atoms with Gasteiger partial charge < -0.3 is 31.8 Å². The van der Waals surface area contributed by atoms with Crippen molar-refractivity contribution in [2.75, 3.05) is 13.2 Å². The lowest BCUT2D eigenvalue weighted by Crippen LogP contribution is -3.00. The Hall–Kier alpha value is -2.15. The molecule has 2 heterocycles. The summed E-state index contributed by atoms with van der Waals surface area (Å²) in [4.78, 5) is 26.1. The van der Waals surface area contributed by atoms with Crippen molar-refractivity contribution in [2.45, 2.75) is 137 Å². The van der Waals surface area contributed by atoms with Crippen LogP contribution >= 0.6 is 0 Å². The number of ether oxygens (including phenoxy) is 2. The van der Waals surface area contributed by atoms with E-state index in [2.05, 4.69) is 29.2 Å². The van der Waals surface area contributed by atoms with Crippen LogP contribution in [-0.2, 0) is 25.6 Å². The van der Waals surface area contributed by atoms with Gasteiger partial charge in [-0.05, 0) is 40.2 Å². The van der Waals surface area contributed by atoms with E-state index >= 15 is 0 Å². The number of carbonyl (C=O) groups is 2. The SMILES string of the molecule is CCCCCCCCCCCCCCCC[n+]1cccc(C2C(C(=O)OCC)=C(C)NC(C)=C2C(=O)OCC)c1.[Br-]. The van der Waals surface area contributed by atoms with E-state index in [0.29, 0.717) is 22.5 Å². The molecule has 0 atom stereocenters. The minimum atomic E-state index is -0.539. The number of hydrogen-bond acceptors (Lipinski definition) is 5. The average Bonchev–Trinajstić information content (AvgIpc) is 2.93. The minimum Gasteiger partial charge on any atom is -1.00 e. The zero-order valence-electron chi connectivity index (χ0n) is 26.4. The molecule has 1 N–H and O–H groups in total. The highest BCUT2D eigenvalue weighted by atomic mass is 79.9. The lowest BCUT2D eigenvalue weighted by Gasteiger charge is -2.29. The lowest BCUT2D eigenvalue weighted by molar-refractivity contribution is -0.697. The average molecular weight is 636 g/mol. The molecule has 1 aromatic rings. The van der Waals surface area contributed by atoms with Gasteiger partial charge >= 0.3 is 11.9 Å². The number of pyridine rings is 1. The Kier molecular flexibility index (Phi) is 19.4. The summed E-state index contributed by atoms with van der Waals surface area (Å²) in [6, 6.07) is 3.98. The van der Waals surface area contributed by atoms with Crippen molar-refractivity contribution in [3.8, 4) is 0 Å². The monoisotopic (exact) mass is 634 g/mol. The smallest absolute Gasteiger partial charge is 0.336 e. The number of nitrogens with zero attached hydrogens (tertiary/aromatic N) is 1. The van der Waals surface area contributed by atoms with E-state index in [4.69, 9.17) is 9.47 Å². The first-order valence-corrected chi connectivity index (χ1v) is 16.0. The van der Waals surface area contributed by atoms with Crippen molar-refractivity contribution in [1.29, 1.82) is 0 Å². The Morgan fingerprint density at radius 3 is 1.61 bits per heavy atom. The zero-order valence-corrected chi connectivity index (χ0v) is 28.0. The summed E-state index contributed by atoms with van der Waals surface area (Å²) in [5.74, 6) is -1.36. The molecule has 1 aliphatic rings. The van der Waals surface area contributed by atoms with Crippen LogP contribution in [0, 0.1) is 0 Å². The number of carbonyl (C=O) groups excluding carboxylic acids is 2. The van der Waals surface area contributed by atoms with Crippen LogP contribution in [0.5, 0.6) is 0 Å². The lowest BCUT2D eigenvalue weighted by atomic mass is 9.81. The molecule has 0 spiro atoms. The quantitative estimate of drug-likeness (QED) is 0.127. The molecule has 0 unspecified atom stereocenters. The fourth-order valence-corrected chi connectivity index (χ4v) is 5.63. The van der Waals surface area contributed by atoms with E-state index in [9.17, 15) is 9.59 Å². The molecular weight excluding hydrogens is 580 g/mol. The van der Waals surface area contributed by atoms with Crippen LogP contribution in [0.15, 0.2) is 47.1 Å². The van der Waals surface area contributed by atoms with Gasteiger partial charge in [-0.3, -0.25) is 0 Å². The van der Waals surface area contributed by atoms with Crippen LogP contribution in [0.25, 0.3) is 0 Å². The molecule has 1 aromatic heterocycles. The normalized spacial score (nSPS) is 13.6. The van der Waals surface area contributed by atoms with Crippen LogP contribution in [0.4, 0.5) is 0 Å². The summed E-state index contributed by atoms with van der Waals surface area (Å²) < 4.78 is 13.0. The van der Waals surface area contributed by atoms with Gasteiger partial charge in [-0.2, -0.15) is 0 Å². The molecule has 1 aliphatic heterocycles. The maximum absolute atomic E-state index is 13.0. The molecule has 6 nitrogen and oxygen atoms in total. The molecule has 0 amide bonds. The highest BCUT2D eigenvalue weighted by Gasteiger charge is 2.38. The van der Waals surface area contributed by atoms with Crippen molar-refractivity contribution in [3.63, 3.8) is 0 Å². The molecule has 0 bridgehead atoms. The van der Waals surface area contributed by atoms with E-state index < -0.39 is 17.9 Å². The highest BCUT2D eigenvalue weighted by molar-refractivity contribution is 5.99. The van der Waals surface area contributed by atoms with Gasteiger partial charge in [0.25, 0.3) is 0 Å². The fraction of sp³-hybridized carbons (Fsp3) is 0.676. The standard InChI is InChI=1S/C34H54N2O4.BrH/c1-6-9-10-11-12-13-14-15-16-17-18-19-20-21-24-36-25-22-23-29(26-36)32-30(33(37)39-7-2)27(4)35-28(5)31(32)34(38)40-8-3;/h22-23,25-26,32H,6-21,24H2,1-5H3;1H. The Bertz CT molecular complexity index is 949. The number of allylic oxidation sites excluding steroid dienone is 2. The van der Waals surface area contributed by atoms with Gasteiger partial charge in [-0.1, -0.05) is 84.0 Å². The number of halogens is 1. The summed E-state index contributed by atoms with van der Waals surface area (Å²) in [6.45, 7) is 11.0. The first kappa shape index (κ1) is 36.9. The number of esters is 2. The number of hydrogen-bond donors (Lipinski definition) is 1. The molecule has 0 saturated carbocycles. The van der Waals surface area contributed by atoms with Gasteiger partial charge in [-0.25, -0.2) is 14.2 Å². The zero-order chi connectivity index (χ0) is 29.2. The van der Waals surface area contributed by atoms with Gasteiger partial charge in [0.1, 0.15) is 6.54 Å². The van der Waals surface area contributed by atoms with Crippen LogP contribution < -0.4 is 26.9 Å². The van der Waals surface area contributed by atoms with Crippen LogP contribution in [-0.4, -0.2) is 25.2 Å². The first-order valence-electron chi connectivity index (χ1n) is 16.0. The summed E-state index contributed by atoms with van der Waals surface area (Å²) in [5, 5.41) is 3.20. The Morgan fingerprint density at radius 1 is 0.732 bits per heavy atom. The fourth-order valence-electron chi connectivity index (χ4n) is 5.63. The summed E-state index contributed by atoms with van der Waals surface area (Å²) in [5.41, 5.74) is 3.22. The molecule has 0 aliphatic carbocycles. The number of nitrogens with one attached hydrogen (secondary N) is 1. The molecular formula is C34H55BrN2O4. The Morgan fingerprint density at radius 2 is 1.17 bits per heavy atom. The van der Waals surface area contributed by atoms with E-state index in [1.54, 1.807) is 13.8 Å². The molecule has 2 rings (SSSR count). The van der Waals surface area contributed by atoms with Gasteiger partial charge in [0.2, 0.25) is 0 Å². The second-order valence-corrected chi connectivity index (χ2v) is 11.0. The second-order valence-electron chi connectivity index (χ2n) is 11.0. The third-order valence-corrected chi connectivity index (χ3v) is 7.74. The van der Waals surface area contributed by atoms with E-state index in [1.807, 2.05) is 26.0 Å². The van der Waals surface area contributed by atoms with Crippen LogP contribution in [0.1, 0.15) is 136 Å². The van der Waals surface area contributed by atoms with E-state index in [1.165, 1.54) is 83.5 Å². The summed E-state index contributed by atoms with van der Waals surface area (Å²) in [7, 11) is 0. The maximum Gasteiger partial charge on any atom is 0.336 e. The van der Waals surface area contributed by atoms with Gasteiger partial charge in [0, 0.05) is 29.4 Å². The van der Waals surface area contributed by atoms with Crippen LogP contribution in [0.3, 0.4) is 0 Å². The molecule has 7 heteroatoms. The van der Waals surface area contributed by atoms with Crippen molar-refractivity contribution in [2.24, 2.45) is 0 Å². The van der Waals surface area contributed by atoms with Gasteiger partial charge in [0.05, 0.1) is 30.3 Å². The number of aromatic nitrogens is 1. The Balaban J connectivity index is 0.00000840. The molecule has 0 saturated heterocycles. The number of dihydropyridines is 1. The van der Waals surface area contributed by atoms with Crippen LogP contribution in [0.2, 0.25) is 0 Å². The van der Waals surface area contributed by atoms with Gasteiger partial charge in [-0.15, -0.1) is 0 Å². The molecule has 0 radical (unpaired) electrons. The minimum absolute atomic E-state index is 0. The molecule has 232 valence electrons.